The Kier molecular flexibility index (Phi) is 4.85. The monoisotopic (exact) mass is 255 g/mol. The summed E-state index contributed by atoms with van der Waals surface area (Å²) in [7, 11) is 5.83. The van der Waals surface area contributed by atoms with Crippen molar-refractivity contribution in [3.8, 4) is 5.75 Å². The maximum absolute atomic E-state index is 5.51. The van der Waals surface area contributed by atoms with Crippen molar-refractivity contribution in [2.24, 2.45) is 0 Å². The summed E-state index contributed by atoms with van der Waals surface area (Å²) in [5.74, 6) is 0.875. The van der Waals surface area contributed by atoms with Crippen molar-refractivity contribution in [2.45, 2.75) is 6.42 Å². The van der Waals surface area contributed by atoms with Gasteiger partial charge in [0.2, 0.25) is 0 Å². The molecule has 0 spiro atoms. The van der Waals surface area contributed by atoms with Crippen molar-refractivity contribution >= 4 is 23.4 Å². The van der Waals surface area contributed by atoms with Crippen molar-refractivity contribution in [3.63, 3.8) is 0 Å². The molecular formula is C13H18ClNO2. The lowest BCUT2D eigenvalue weighted by molar-refractivity contribution is 0.413. The highest BCUT2D eigenvalue weighted by molar-refractivity contribution is 5.85. The van der Waals surface area contributed by atoms with Crippen molar-refractivity contribution in [2.75, 3.05) is 27.7 Å². The summed E-state index contributed by atoms with van der Waals surface area (Å²) in [5, 5.41) is 1.15. The number of furan rings is 1. The first-order chi connectivity index (χ1) is 7.70. The zero-order chi connectivity index (χ0) is 11.5. The minimum atomic E-state index is 0. The molecule has 17 heavy (non-hydrogen) atoms. The quantitative estimate of drug-likeness (QED) is 0.840. The van der Waals surface area contributed by atoms with E-state index in [9.17, 15) is 0 Å². The Morgan fingerprint density at radius 3 is 2.71 bits per heavy atom. The summed E-state index contributed by atoms with van der Waals surface area (Å²) in [6, 6.07) is 5.90. The third-order valence-electron chi connectivity index (χ3n) is 2.69. The fourth-order valence-electron chi connectivity index (χ4n) is 1.73. The van der Waals surface area contributed by atoms with E-state index in [4.69, 9.17) is 9.15 Å². The first-order valence-corrected chi connectivity index (χ1v) is 5.39. The van der Waals surface area contributed by atoms with Gasteiger partial charge in [-0.15, -0.1) is 12.4 Å². The minimum Gasteiger partial charge on any atom is -0.497 e. The standard InChI is InChI=1S/C13H17NO2.ClH/c1-14(2)7-6-10-9-16-13-5-4-11(15-3)8-12(10)13;/h4-5,8-9H,6-7H2,1-3H3;1H. The van der Waals surface area contributed by atoms with Crippen LogP contribution < -0.4 is 4.74 Å². The lowest BCUT2D eigenvalue weighted by Crippen LogP contribution is -2.14. The van der Waals surface area contributed by atoms with Crippen LogP contribution in [0.25, 0.3) is 11.0 Å². The number of halogens is 1. The molecule has 1 aromatic carbocycles. The molecular weight excluding hydrogens is 238 g/mol. The predicted molar refractivity (Wildman–Crippen MR) is 72.3 cm³/mol. The molecule has 2 aromatic rings. The van der Waals surface area contributed by atoms with E-state index in [-0.39, 0.29) is 12.4 Å². The Morgan fingerprint density at radius 1 is 1.29 bits per heavy atom. The van der Waals surface area contributed by atoms with Gasteiger partial charge in [0.15, 0.2) is 0 Å². The van der Waals surface area contributed by atoms with Crippen molar-refractivity contribution in [1.29, 1.82) is 0 Å². The zero-order valence-electron chi connectivity index (χ0n) is 10.4. The Balaban J connectivity index is 0.00000144. The van der Waals surface area contributed by atoms with E-state index in [0.717, 1.165) is 29.7 Å². The van der Waals surface area contributed by atoms with Crippen molar-refractivity contribution < 1.29 is 9.15 Å². The minimum absolute atomic E-state index is 0. The van der Waals surface area contributed by atoms with E-state index in [0.29, 0.717) is 0 Å². The maximum Gasteiger partial charge on any atom is 0.134 e. The molecule has 3 nitrogen and oxygen atoms in total. The third-order valence-corrected chi connectivity index (χ3v) is 2.69. The van der Waals surface area contributed by atoms with Gasteiger partial charge in [-0.05, 0) is 44.3 Å². The largest absolute Gasteiger partial charge is 0.497 e. The van der Waals surface area contributed by atoms with Crippen LogP contribution in [0, 0.1) is 0 Å². The van der Waals surface area contributed by atoms with Crippen LogP contribution in [-0.4, -0.2) is 32.6 Å². The van der Waals surface area contributed by atoms with Crippen LogP contribution in [0.15, 0.2) is 28.9 Å². The molecule has 0 atom stereocenters. The summed E-state index contributed by atoms with van der Waals surface area (Å²) in [6.07, 6.45) is 2.83. The molecule has 1 aromatic heterocycles. The fraction of sp³-hybridized carbons (Fsp3) is 0.385. The molecule has 0 aliphatic rings. The highest BCUT2D eigenvalue weighted by atomic mass is 35.5. The van der Waals surface area contributed by atoms with Gasteiger partial charge >= 0.3 is 0 Å². The normalized spacial score (nSPS) is 10.6. The van der Waals surface area contributed by atoms with Crippen LogP contribution in [0.2, 0.25) is 0 Å². The van der Waals surface area contributed by atoms with Gasteiger partial charge in [0.25, 0.3) is 0 Å². The van der Waals surface area contributed by atoms with Gasteiger partial charge in [0, 0.05) is 11.9 Å². The van der Waals surface area contributed by atoms with Crippen LogP contribution in [0.1, 0.15) is 5.56 Å². The van der Waals surface area contributed by atoms with E-state index in [1.165, 1.54) is 5.56 Å². The predicted octanol–water partition coefficient (Wildman–Crippen LogP) is 2.97. The van der Waals surface area contributed by atoms with Gasteiger partial charge in [-0.2, -0.15) is 0 Å². The van der Waals surface area contributed by atoms with Crippen LogP contribution in [-0.2, 0) is 6.42 Å². The summed E-state index contributed by atoms with van der Waals surface area (Å²) in [6.45, 7) is 1.02. The van der Waals surface area contributed by atoms with Crippen molar-refractivity contribution in [3.05, 3.63) is 30.0 Å². The number of hydrogen-bond acceptors (Lipinski definition) is 3. The molecule has 0 fully saturated rings. The molecule has 0 bridgehead atoms. The van der Waals surface area contributed by atoms with Crippen molar-refractivity contribution in [1.82, 2.24) is 4.90 Å². The summed E-state index contributed by atoms with van der Waals surface area (Å²) < 4.78 is 10.7. The topological polar surface area (TPSA) is 25.6 Å². The molecule has 0 aliphatic carbocycles. The molecule has 0 saturated carbocycles. The van der Waals surface area contributed by atoms with Gasteiger partial charge in [0.1, 0.15) is 11.3 Å². The molecule has 2 rings (SSSR count). The number of fused-ring (bicyclic) bond motifs is 1. The number of likely N-dealkylation sites (N-methyl/N-ethyl adjacent to an activating group) is 1. The Hall–Kier alpha value is -1.19. The fourth-order valence-corrected chi connectivity index (χ4v) is 1.73. The lowest BCUT2D eigenvalue weighted by atomic mass is 10.1. The highest BCUT2D eigenvalue weighted by Crippen LogP contribution is 2.26. The number of ether oxygens (including phenoxy) is 1. The number of methoxy groups -OCH3 is 1. The SMILES string of the molecule is COc1ccc2occ(CCN(C)C)c2c1.Cl. The Morgan fingerprint density at radius 2 is 2.06 bits per heavy atom. The molecule has 1 heterocycles. The highest BCUT2D eigenvalue weighted by Gasteiger charge is 2.07. The van der Waals surface area contributed by atoms with Gasteiger partial charge in [0.05, 0.1) is 13.4 Å². The molecule has 0 radical (unpaired) electrons. The van der Waals surface area contributed by atoms with Crippen LogP contribution in [0.5, 0.6) is 5.75 Å². The number of hydrogen-bond donors (Lipinski definition) is 0. The van der Waals surface area contributed by atoms with Gasteiger partial charge in [-0.3, -0.25) is 0 Å². The summed E-state index contributed by atoms with van der Waals surface area (Å²) in [4.78, 5) is 2.17. The van der Waals surface area contributed by atoms with E-state index < -0.39 is 0 Å². The van der Waals surface area contributed by atoms with E-state index in [1.54, 1.807) is 7.11 Å². The first-order valence-electron chi connectivity index (χ1n) is 5.39. The molecule has 0 unspecified atom stereocenters. The summed E-state index contributed by atoms with van der Waals surface area (Å²) in [5.41, 5.74) is 2.16. The van der Waals surface area contributed by atoms with Gasteiger partial charge in [-0.25, -0.2) is 0 Å². The van der Waals surface area contributed by atoms with E-state index in [2.05, 4.69) is 19.0 Å². The molecule has 0 N–H and O–H groups in total. The van der Waals surface area contributed by atoms with Gasteiger partial charge in [-0.1, -0.05) is 0 Å². The first kappa shape index (κ1) is 13.9. The van der Waals surface area contributed by atoms with E-state index in [1.807, 2.05) is 24.5 Å². The van der Waals surface area contributed by atoms with Crippen LogP contribution in [0.4, 0.5) is 0 Å². The number of rotatable bonds is 4. The molecule has 0 amide bonds. The lowest BCUT2D eigenvalue weighted by Gasteiger charge is -2.07. The second kappa shape index (κ2) is 5.94. The van der Waals surface area contributed by atoms with E-state index >= 15 is 0 Å². The Labute approximate surface area is 108 Å². The average molecular weight is 256 g/mol. The number of benzene rings is 1. The van der Waals surface area contributed by atoms with Crippen LogP contribution in [0.3, 0.4) is 0 Å². The smallest absolute Gasteiger partial charge is 0.134 e. The molecule has 94 valence electrons. The Bertz CT molecular complexity index is 479. The summed E-state index contributed by atoms with van der Waals surface area (Å²) >= 11 is 0. The molecule has 4 heteroatoms. The van der Waals surface area contributed by atoms with Gasteiger partial charge < -0.3 is 14.1 Å². The molecule has 0 saturated heterocycles. The maximum atomic E-state index is 5.51. The third kappa shape index (κ3) is 3.14. The molecule has 0 aliphatic heterocycles. The zero-order valence-corrected chi connectivity index (χ0v) is 11.2. The second-order valence-electron chi connectivity index (χ2n) is 4.18. The van der Waals surface area contributed by atoms with Crippen LogP contribution >= 0.6 is 12.4 Å². The second-order valence-corrected chi connectivity index (χ2v) is 4.18. The average Bonchev–Trinajstić information content (AvgIpc) is 2.68. The number of nitrogens with zero attached hydrogens (tertiary/aromatic N) is 1.